The number of benzene rings is 2. The Labute approximate surface area is 239 Å². The van der Waals surface area contributed by atoms with Crippen molar-refractivity contribution in [3.05, 3.63) is 71.2 Å². The number of pyridine rings is 1. The van der Waals surface area contributed by atoms with Crippen molar-refractivity contribution in [2.24, 2.45) is 0 Å². The number of halogens is 1. The van der Waals surface area contributed by atoms with Crippen LogP contribution >= 0.6 is 0 Å². The predicted molar refractivity (Wildman–Crippen MR) is 151 cm³/mol. The van der Waals surface area contributed by atoms with Crippen molar-refractivity contribution in [3.63, 3.8) is 0 Å². The Kier molecular flexibility index (Phi) is 10.3. The number of carbonyl (C=O) groups excluding carboxylic acids is 1. The molecular formula is C31H37FN2O7. The largest absolute Gasteiger partial charge is 0.494 e. The maximum absolute atomic E-state index is 14.0. The smallest absolute Gasteiger partial charge is 0.163 e. The van der Waals surface area contributed by atoms with Gasteiger partial charge < -0.3 is 29.2 Å². The zero-order valence-electron chi connectivity index (χ0n) is 23.7. The van der Waals surface area contributed by atoms with E-state index in [0.29, 0.717) is 71.6 Å². The second-order valence-electron chi connectivity index (χ2n) is 9.99. The standard InChI is InChI=1S/C31H37FN2O7/c1-21-18-23(4-6-24(21)32)30-27(38-2)8-9-29(33-30)31(37,20-34-12-15-40-16-13-34)11-10-25(36)22-5-7-26(41-17-14-35)28(19-22)39-3/h4-9,18-19,35,37H,10-17,20H2,1-3H3. The van der Waals surface area contributed by atoms with E-state index >= 15 is 0 Å². The second-order valence-corrected chi connectivity index (χ2v) is 9.99. The molecule has 0 spiro atoms. The van der Waals surface area contributed by atoms with Crippen LogP contribution < -0.4 is 14.2 Å². The van der Waals surface area contributed by atoms with Gasteiger partial charge in [-0.05, 0) is 67.4 Å². The average molecular weight is 569 g/mol. The number of morpholine rings is 1. The summed E-state index contributed by atoms with van der Waals surface area (Å²) in [5.41, 5.74) is 0.925. The number of aliphatic hydroxyl groups is 2. The van der Waals surface area contributed by atoms with Crippen LogP contribution in [-0.2, 0) is 10.3 Å². The zero-order valence-corrected chi connectivity index (χ0v) is 23.7. The van der Waals surface area contributed by atoms with Gasteiger partial charge in [0.15, 0.2) is 17.3 Å². The Balaban J connectivity index is 1.64. The first kappa shape index (κ1) is 30.4. The number of aryl methyl sites for hydroxylation is 1. The number of ether oxygens (including phenoxy) is 4. The molecule has 4 rings (SSSR count). The lowest BCUT2D eigenvalue weighted by atomic mass is 9.89. The highest BCUT2D eigenvalue weighted by Crippen LogP contribution is 2.35. The topological polar surface area (TPSA) is 111 Å². The van der Waals surface area contributed by atoms with E-state index in [1.807, 2.05) is 0 Å². The summed E-state index contributed by atoms with van der Waals surface area (Å²) in [6, 6.07) is 13.0. The Hall–Kier alpha value is -3.57. The number of aromatic nitrogens is 1. The maximum Gasteiger partial charge on any atom is 0.163 e. The first-order valence-corrected chi connectivity index (χ1v) is 13.6. The number of hydrogen-bond donors (Lipinski definition) is 2. The van der Waals surface area contributed by atoms with Gasteiger partial charge in [0.1, 0.15) is 29.5 Å². The fourth-order valence-corrected chi connectivity index (χ4v) is 4.87. The highest BCUT2D eigenvalue weighted by molar-refractivity contribution is 5.96. The Morgan fingerprint density at radius 3 is 2.46 bits per heavy atom. The van der Waals surface area contributed by atoms with Crippen LogP contribution in [0.15, 0.2) is 48.5 Å². The van der Waals surface area contributed by atoms with Crippen molar-refractivity contribution in [3.8, 4) is 28.5 Å². The molecule has 2 N–H and O–H groups in total. The number of hydrogen-bond acceptors (Lipinski definition) is 9. The van der Waals surface area contributed by atoms with Gasteiger partial charge in [0.05, 0.1) is 39.7 Å². The van der Waals surface area contributed by atoms with Gasteiger partial charge in [0.25, 0.3) is 0 Å². The van der Waals surface area contributed by atoms with Crippen LogP contribution in [-0.4, -0.2) is 86.2 Å². The van der Waals surface area contributed by atoms with E-state index in [-0.39, 0.29) is 44.2 Å². The number of Topliss-reactive ketones (excluding diaryl/α,β-unsaturated/α-hetero) is 1. The molecule has 0 amide bonds. The summed E-state index contributed by atoms with van der Waals surface area (Å²) in [4.78, 5) is 20.2. The number of ketones is 1. The van der Waals surface area contributed by atoms with E-state index in [9.17, 15) is 14.3 Å². The first-order chi connectivity index (χ1) is 19.8. The van der Waals surface area contributed by atoms with Crippen molar-refractivity contribution in [2.75, 3.05) is 60.3 Å². The Morgan fingerprint density at radius 1 is 1.05 bits per heavy atom. The maximum atomic E-state index is 14.0. The van der Waals surface area contributed by atoms with Gasteiger partial charge in [-0.15, -0.1) is 0 Å². The first-order valence-electron chi connectivity index (χ1n) is 13.6. The van der Waals surface area contributed by atoms with Crippen molar-refractivity contribution in [1.82, 2.24) is 9.88 Å². The van der Waals surface area contributed by atoms with E-state index in [0.717, 1.165) is 0 Å². The summed E-state index contributed by atoms with van der Waals surface area (Å²) in [6.07, 6.45) is 0.148. The van der Waals surface area contributed by atoms with Crippen molar-refractivity contribution in [2.45, 2.75) is 25.4 Å². The molecule has 0 saturated carbocycles. The minimum absolute atomic E-state index is 0.0412. The van der Waals surface area contributed by atoms with Crippen molar-refractivity contribution >= 4 is 5.78 Å². The van der Waals surface area contributed by atoms with Crippen molar-refractivity contribution < 1.29 is 38.3 Å². The molecule has 41 heavy (non-hydrogen) atoms. The fraction of sp³-hybridized carbons (Fsp3) is 0.419. The number of methoxy groups -OCH3 is 2. The third kappa shape index (κ3) is 7.39. The SMILES string of the molecule is COc1cc(C(=O)CCC(O)(CN2CCOCC2)c2ccc(OC)c(-c3ccc(F)c(C)c3)n2)ccc1OCCO. The molecular weight excluding hydrogens is 531 g/mol. The van der Waals surface area contributed by atoms with Gasteiger partial charge in [-0.1, -0.05) is 0 Å². The minimum Gasteiger partial charge on any atom is -0.494 e. The van der Waals surface area contributed by atoms with E-state index < -0.39 is 5.60 Å². The van der Waals surface area contributed by atoms with Gasteiger partial charge >= 0.3 is 0 Å². The molecule has 2 heterocycles. The summed E-state index contributed by atoms with van der Waals surface area (Å²) < 4.78 is 35.9. The summed E-state index contributed by atoms with van der Waals surface area (Å²) in [5, 5.41) is 21.2. The zero-order chi connectivity index (χ0) is 29.4. The Morgan fingerprint density at radius 2 is 1.78 bits per heavy atom. The van der Waals surface area contributed by atoms with E-state index in [4.69, 9.17) is 29.0 Å². The molecule has 3 aromatic rings. The monoisotopic (exact) mass is 568 g/mol. The molecule has 9 nitrogen and oxygen atoms in total. The number of nitrogens with zero attached hydrogens (tertiary/aromatic N) is 2. The van der Waals surface area contributed by atoms with Gasteiger partial charge in [-0.3, -0.25) is 9.69 Å². The van der Waals surface area contributed by atoms with Crippen LogP contribution in [0.4, 0.5) is 4.39 Å². The van der Waals surface area contributed by atoms with E-state index in [1.54, 1.807) is 49.4 Å². The lowest BCUT2D eigenvalue weighted by molar-refractivity contribution is -0.0425. The number of aliphatic hydroxyl groups excluding tert-OH is 1. The summed E-state index contributed by atoms with van der Waals surface area (Å²) in [6.45, 7) is 4.27. The van der Waals surface area contributed by atoms with Crippen LogP contribution in [0.1, 0.15) is 34.5 Å². The van der Waals surface area contributed by atoms with Gasteiger partial charge in [0.2, 0.25) is 0 Å². The highest BCUT2D eigenvalue weighted by Gasteiger charge is 2.35. The third-order valence-corrected chi connectivity index (χ3v) is 7.18. The number of β-amino-alcohol motifs (C(OH)–C–C–N with tert-alkyl or cyclic N) is 1. The fourth-order valence-electron chi connectivity index (χ4n) is 4.87. The Bertz CT molecular complexity index is 1350. The van der Waals surface area contributed by atoms with Crippen LogP contribution in [0, 0.1) is 12.7 Å². The summed E-state index contributed by atoms with van der Waals surface area (Å²) in [7, 11) is 3.01. The molecule has 1 saturated heterocycles. The molecule has 2 aromatic carbocycles. The normalized spacial score (nSPS) is 15.3. The van der Waals surface area contributed by atoms with Gasteiger partial charge in [0, 0.05) is 37.2 Å². The summed E-state index contributed by atoms with van der Waals surface area (Å²) in [5.74, 6) is 0.785. The molecule has 1 aromatic heterocycles. The molecule has 1 unspecified atom stereocenters. The highest BCUT2D eigenvalue weighted by atomic mass is 19.1. The molecule has 1 atom stereocenters. The minimum atomic E-state index is -1.47. The molecule has 1 aliphatic heterocycles. The van der Waals surface area contributed by atoms with E-state index in [1.165, 1.54) is 20.3 Å². The quantitative estimate of drug-likeness (QED) is 0.298. The third-order valence-electron chi connectivity index (χ3n) is 7.18. The second kappa shape index (κ2) is 13.9. The molecule has 1 fully saturated rings. The van der Waals surface area contributed by atoms with Crippen LogP contribution in [0.2, 0.25) is 0 Å². The number of rotatable bonds is 13. The lowest BCUT2D eigenvalue weighted by Gasteiger charge is -2.36. The molecule has 10 heteroatoms. The van der Waals surface area contributed by atoms with Gasteiger partial charge in [-0.2, -0.15) is 0 Å². The van der Waals surface area contributed by atoms with Crippen LogP contribution in [0.25, 0.3) is 11.3 Å². The molecule has 220 valence electrons. The molecule has 0 aliphatic carbocycles. The predicted octanol–water partition coefficient (Wildman–Crippen LogP) is 3.77. The van der Waals surface area contributed by atoms with Crippen LogP contribution in [0.3, 0.4) is 0 Å². The molecule has 1 aliphatic rings. The molecule has 0 radical (unpaired) electrons. The van der Waals surface area contributed by atoms with Crippen molar-refractivity contribution in [1.29, 1.82) is 0 Å². The molecule has 0 bridgehead atoms. The van der Waals surface area contributed by atoms with E-state index in [2.05, 4.69) is 4.90 Å². The van der Waals surface area contributed by atoms with Gasteiger partial charge in [-0.25, -0.2) is 9.37 Å². The number of carbonyl (C=O) groups is 1. The van der Waals surface area contributed by atoms with Crippen LogP contribution in [0.5, 0.6) is 17.2 Å². The lowest BCUT2D eigenvalue weighted by Crippen LogP contribution is -2.46. The summed E-state index contributed by atoms with van der Waals surface area (Å²) >= 11 is 0. The average Bonchev–Trinajstić information content (AvgIpc) is 3.00.